The van der Waals surface area contributed by atoms with E-state index >= 15 is 0 Å². The summed E-state index contributed by atoms with van der Waals surface area (Å²) in [6, 6.07) is 2.46. The molecule has 0 aromatic heterocycles. The maximum absolute atomic E-state index is 12.3. The third-order valence-corrected chi connectivity index (χ3v) is 1.95. The van der Waals surface area contributed by atoms with Gasteiger partial charge in [0.2, 0.25) is 5.78 Å². The van der Waals surface area contributed by atoms with Gasteiger partial charge in [0, 0.05) is 6.92 Å². The Hall–Kier alpha value is -2.05. The lowest BCUT2D eigenvalue weighted by Crippen LogP contribution is -2.20. The van der Waals surface area contributed by atoms with Crippen LogP contribution < -0.4 is 11.1 Å². The van der Waals surface area contributed by atoms with Gasteiger partial charge in [0.1, 0.15) is 0 Å². The van der Waals surface area contributed by atoms with Gasteiger partial charge in [-0.3, -0.25) is 9.59 Å². The van der Waals surface area contributed by atoms with Gasteiger partial charge in [0.05, 0.1) is 16.9 Å². The SMILES string of the molecule is CC(=O)C(=O)Nc1ccc(C(F)(F)F)cc1N. The molecule has 92 valence electrons. The van der Waals surface area contributed by atoms with Crippen LogP contribution in [0.25, 0.3) is 0 Å². The van der Waals surface area contributed by atoms with Gasteiger partial charge in [0.25, 0.3) is 5.91 Å². The number of Topliss-reactive ketones (excluding diaryl/α,β-unsaturated/α-hetero) is 1. The van der Waals surface area contributed by atoms with Crippen LogP contribution in [0.15, 0.2) is 18.2 Å². The molecule has 0 bridgehead atoms. The summed E-state index contributed by atoms with van der Waals surface area (Å²) < 4.78 is 36.9. The Morgan fingerprint density at radius 2 is 1.88 bits per heavy atom. The fraction of sp³-hybridized carbons (Fsp3) is 0.200. The summed E-state index contributed by atoms with van der Waals surface area (Å²) in [4.78, 5) is 21.7. The van der Waals surface area contributed by atoms with Crippen molar-refractivity contribution in [3.05, 3.63) is 23.8 Å². The van der Waals surface area contributed by atoms with E-state index < -0.39 is 23.4 Å². The van der Waals surface area contributed by atoms with Crippen LogP contribution in [0.5, 0.6) is 0 Å². The van der Waals surface area contributed by atoms with Crippen LogP contribution in [0, 0.1) is 0 Å². The maximum atomic E-state index is 12.3. The van der Waals surface area contributed by atoms with E-state index in [9.17, 15) is 22.8 Å². The molecule has 4 nitrogen and oxygen atoms in total. The summed E-state index contributed by atoms with van der Waals surface area (Å²) in [7, 11) is 0. The molecule has 0 heterocycles. The fourth-order valence-corrected chi connectivity index (χ4v) is 1.06. The molecule has 0 saturated carbocycles. The lowest BCUT2D eigenvalue weighted by atomic mass is 10.1. The standard InChI is InChI=1S/C10H9F3N2O2/c1-5(16)9(17)15-8-3-2-6(4-7(8)14)10(11,12)13/h2-4H,14H2,1H3,(H,15,17). The number of rotatable bonds is 2. The topological polar surface area (TPSA) is 72.2 Å². The summed E-state index contributed by atoms with van der Waals surface area (Å²) >= 11 is 0. The summed E-state index contributed by atoms with van der Waals surface area (Å²) in [6.45, 7) is 1.04. The number of hydrogen-bond donors (Lipinski definition) is 2. The maximum Gasteiger partial charge on any atom is 0.416 e. The first-order valence-corrected chi connectivity index (χ1v) is 4.50. The van der Waals surface area contributed by atoms with Crippen molar-refractivity contribution in [2.24, 2.45) is 0 Å². The van der Waals surface area contributed by atoms with E-state index in [0.29, 0.717) is 6.07 Å². The van der Waals surface area contributed by atoms with E-state index in [0.717, 1.165) is 19.1 Å². The van der Waals surface area contributed by atoms with E-state index in [-0.39, 0.29) is 11.4 Å². The highest BCUT2D eigenvalue weighted by atomic mass is 19.4. The number of nitrogen functional groups attached to an aromatic ring is 1. The Balaban J connectivity index is 2.99. The van der Waals surface area contributed by atoms with E-state index in [4.69, 9.17) is 5.73 Å². The van der Waals surface area contributed by atoms with Gasteiger partial charge in [-0.25, -0.2) is 0 Å². The van der Waals surface area contributed by atoms with Gasteiger partial charge >= 0.3 is 6.18 Å². The van der Waals surface area contributed by atoms with Crippen LogP contribution in [0.4, 0.5) is 24.5 Å². The van der Waals surface area contributed by atoms with E-state index in [1.807, 2.05) is 0 Å². The smallest absolute Gasteiger partial charge is 0.397 e. The zero-order valence-electron chi connectivity index (χ0n) is 8.76. The van der Waals surface area contributed by atoms with Crippen LogP contribution in [0.1, 0.15) is 12.5 Å². The normalized spacial score (nSPS) is 11.1. The number of amides is 1. The first kappa shape index (κ1) is 13.0. The Morgan fingerprint density at radius 1 is 1.29 bits per heavy atom. The van der Waals surface area contributed by atoms with Gasteiger partial charge in [0.15, 0.2) is 0 Å². The molecule has 0 saturated heterocycles. The average molecular weight is 246 g/mol. The lowest BCUT2D eigenvalue weighted by Gasteiger charge is -2.11. The van der Waals surface area contributed by atoms with Crippen molar-refractivity contribution in [3.63, 3.8) is 0 Å². The number of hydrogen-bond acceptors (Lipinski definition) is 3. The molecule has 0 atom stereocenters. The van der Waals surface area contributed by atoms with Crippen molar-refractivity contribution in [2.75, 3.05) is 11.1 Å². The van der Waals surface area contributed by atoms with Gasteiger partial charge < -0.3 is 11.1 Å². The minimum Gasteiger partial charge on any atom is -0.397 e. The van der Waals surface area contributed by atoms with Crippen molar-refractivity contribution in [1.82, 2.24) is 0 Å². The molecule has 0 aliphatic rings. The summed E-state index contributed by atoms with van der Waals surface area (Å²) in [6.07, 6.45) is -4.50. The van der Waals surface area contributed by atoms with E-state index in [2.05, 4.69) is 5.32 Å². The second kappa shape index (κ2) is 4.44. The number of carbonyl (C=O) groups is 2. The Kier molecular flexibility index (Phi) is 3.40. The molecule has 1 rings (SSSR count). The highest BCUT2D eigenvalue weighted by Crippen LogP contribution is 2.32. The number of benzene rings is 1. The average Bonchev–Trinajstić information content (AvgIpc) is 2.19. The van der Waals surface area contributed by atoms with Gasteiger partial charge in [-0.1, -0.05) is 0 Å². The third-order valence-electron chi connectivity index (χ3n) is 1.95. The number of nitrogens with one attached hydrogen (secondary N) is 1. The van der Waals surface area contributed by atoms with Crippen LogP contribution in [0.2, 0.25) is 0 Å². The van der Waals surface area contributed by atoms with E-state index in [1.54, 1.807) is 0 Å². The Morgan fingerprint density at radius 3 is 2.29 bits per heavy atom. The van der Waals surface area contributed by atoms with Gasteiger partial charge in [-0.05, 0) is 18.2 Å². The highest BCUT2D eigenvalue weighted by Gasteiger charge is 2.30. The molecule has 0 unspecified atom stereocenters. The molecule has 17 heavy (non-hydrogen) atoms. The predicted octanol–water partition coefficient (Wildman–Crippen LogP) is 1.82. The largest absolute Gasteiger partial charge is 0.416 e. The molecule has 0 spiro atoms. The van der Waals surface area contributed by atoms with Crippen LogP contribution in [-0.2, 0) is 15.8 Å². The minimum atomic E-state index is -4.50. The highest BCUT2D eigenvalue weighted by molar-refractivity contribution is 6.40. The second-order valence-corrected chi connectivity index (χ2v) is 3.31. The van der Waals surface area contributed by atoms with Crippen molar-refractivity contribution in [2.45, 2.75) is 13.1 Å². The lowest BCUT2D eigenvalue weighted by molar-refractivity contribution is -0.137. The molecule has 7 heteroatoms. The van der Waals surface area contributed by atoms with Gasteiger partial charge in [-0.15, -0.1) is 0 Å². The third kappa shape index (κ3) is 3.20. The number of anilines is 2. The monoisotopic (exact) mass is 246 g/mol. The molecule has 0 fully saturated rings. The van der Waals surface area contributed by atoms with Crippen molar-refractivity contribution < 1.29 is 22.8 Å². The first-order chi connectivity index (χ1) is 7.71. The zero-order valence-corrected chi connectivity index (χ0v) is 8.76. The number of carbonyl (C=O) groups excluding carboxylic acids is 2. The molecule has 3 N–H and O–H groups in total. The number of alkyl halides is 3. The molecule has 1 amide bonds. The van der Waals surface area contributed by atoms with Crippen molar-refractivity contribution in [3.8, 4) is 0 Å². The molecular formula is C10H9F3N2O2. The first-order valence-electron chi connectivity index (χ1n) is 4.50. The quantitative estimate of drug-likeness (QED) is 0.617. The minimum absolute atomic E-state index is 0.0294. The predicted molar refractivity (Wildman–Crippen MR) is 55.2 cm³/mol. The van der Waals surface area contributed by atoms with Crippen molar-refractivity contribution in [1.29, 1.82) is 0 Å². The fourth-order valence-electron chi connectivity index (χ4n) is 1.06. The van der Waals surface area contributed by atoms with E-state index in [1.165, 1.54) is 0 Å². The van der Waals surface area contributed by atoms with Crippen LogP contribution in [0.3, 0.4) is 0 Å². The Bertz CT molecular complexity index is 469. The molecule has 0 aliphatic carbocycles. The summed E-state index contributed by atoms with van der Waals surface area (Å²) in [5.41, 5.74) is 4.14. The zero-order chi connectivity index (χ0) is 13.2. The molecule has 0 radical (unpaired) electrons. The number of halogens is 3. The van der Waals surface area contributed by atoms with Crippen molar-refractivity contribution >= 4 is 23.1 Å². The van der Waals surface area contributed by atoms with Crippen LogP contribution in [-0.4, -0.2) is 11.7 Å². The second-order valence-electron chi connectivity index (χ2n) is 3.31. The van der Waals surface area contributed by atoms with Crippen LogP contribution >= 0.6 is 0 Å². The Labute approximate surface area is 94.6 Å². The number of ketones is 1. The number of nitrogens with two attached hydrogens (primary N) is 1. The molecular weight excluding hydrogens is 237 g/mol. The molecule has 0 aliphatic heterocycles. The molecule has 1 aromatic carbocycles. The molecule has 1 aromatic rings. The summed E-state index contributed by atoms with van der Waals surface area (Å²) in [5, 5.41) is 2.11. The summed E-state index contributed by atoms with van der Waals surface area (Å²) in [5.74, 6) is -1.69. The van der Waals surface area contributed by atoms with Gasteiger partial charge in [-0.2, -0.15) is 13.2 Å².